The van der Waals surface area contributed by atoms with Gasteiger partial charge in [0.15, 0.2) is 11.6 Å². The molecule has 1 aromatic heterocycles. The van der Waals surface area contributed by atoms with Crippen LogP contribution in [0.25, 0.3) is 0 Å². The van der Waals surface area contributed by atoms with E-state index in [0.717, 1.165) is 30.5 Å². The van der Waals surface area contributed by atoms with Crippen LogP contribution in [0.3, 0.4) is 0 Å². The highest BCUT2D eigenvalue weighted by Gasteiger charge is 2.33. The highest BCUT2D eigenvalue weighted by molar-refractivity contribution is 5.64. The maximum absolute atomic E-state index is 5.47. The van der Waals surface area contributed by atoms with Crippen LogP contribution in [0.4, 0.5) is 11.6 Å². The van der Waals surface area contributed by atoms with Crippen LogP contribution in [-0.4, -0.2) is 37.2 Å². The molecule has 1 atom stereocenters. The molecule has 1 aliphatic heterocycles. The van der Waals surface area contributed by atoms with Crippen LogP contribution in [0.2, 0.25) is 0 Å². The van der Waals surface area contributed by atoms with Gasteiger partial charge in [0.2, 0.25) is 5.75 Å². The first-order chi connectivity index (χ1) is 8.97. The van der Waals surface area contributed by atoms with Gasteiger partial charge >= 0.3 is 0 Å². The quantitative estimate of drug-likeness (QED) is 0.908. The lowest BCUT2D eigenvalue weighted by atomic mass is 9.80. The molecule has 0 saturated carbocycles. The fourth-order valence-corrected chi connectivity index (χ4v) is 2.62. The van der Waals surface area contributed by atoms with Crippen molar-refractivity contribution in [2.45, 2.75) is 27.2 Å². The zero-order chi connectivity index (χ0) is 14.0. The molecule has 0 bridgehead atoms. The number of aromatic nitrogens is 2. The Morgan fingerprint density at radius 1 is 1.37 bits per heavy atom. The second kappa shape index (κ2) is 5.23. The highest BCUT2D eigenvalue weighted by atomic mass is 16.5. The third kappa shape index (κ3) is 2.74. The summed E-state index contributed by atoms with van der Waals surface area (Å²) in [5, 5.41) is 3.05. The fourth-order valence-electron chi connectivity index (χ4n) is 2.62. The maximum Gasteiger partial charge on any atom is 0.204 e. The zero-order valence-electron chi connectivity index (χ0n) is 12.5. The van der Waals surface area contributed by atoms with Crippen molar-refractivity contribution in [3.8, 4) is 5.75 Å². The van der Waals surface area contributed by atoms with E-state index < -0.39 is 0 Å². The van der Waals surface area contributed by atoms with Crippen LogP contribution in [0, 0.1) is 11.3 Å². The van der Waals surface area contributed by atoms with E-state index in [2.05, 4.69) is 41.0 Å². The van der Waals surface area contributed by atoms with Crippen molar-refractivity contribution in [1.29, 1.82) is 0 Å². The molecule has 0 radical (unpaired) electrons. The van der Waals surface area contributed by atoms with Crippen molar-refractivity contribution >= 4 is 11.6 Å². The Morgan fingerprint density at radius 2 is 2.11 bits per heavy atom. The van der Waals surface area contributed by atoms with Gasteiger partial charge < -0.3 is 15.0 Å². The molecule has 0 amide bonds. The van der Waals surface area contributed by atoms with Crippen LogP contribution in [0.5, 0.6) is 5.75 Å². The van der Waals surface area contributed by atoms with Gasteiger partial charge in [-0.2, -0.15) is 0 Å². The first-order valence-electron chi connectivity index (χ1n) is 6.79. The molecule has 1 aromatic rings. The summed E-state index contributed by atoms with van der Waals surface area (Å²) < 4.78 is 5.47. The smallest absolute Gasteiger partial charge is 0.204 e. The van der Waals surface area contributed by atoms with Gasteiger partial charge in [-0.15, -0.1) is 0 Å². The number of rotatable bonds is 3. The first kappa shape index (κ1) is 13.9. The number of anilines is 2. The van der Waals surface area contributed by atoms with E-state index in [9.17, 15) is 0 Å². The summed E-state index contributed by atoms with van der Waals surface area (Å²) in [6.45, 7) is 8.96. The van der Waals surface area contributed by atoms with E-state index in [0.29, 0.717) is 11.3 Å². The van der Waals surface area contributed by atoms with Crippen molar-refractivity contribution < 1.29 is 4.74 Å². The van der Waals surface area contributed by atoms with Crippen LogP contribution >= 0.6 is 0 Å². The molecule has 1 saturated heterocycles. The molecule has 2 heterocycles. The summed E-state index contributed by atoms with van der Waals surface area (Å²) in [6, 6.07) is 0. The summed E-state index contributed by atoms with van der Waals surface area (Å²) in [5.74, 6) is 3.06. The van der Waals surface area contributed by atoms with E-state index in [1.54, 1.807) is 13.4 Å². The Kier molecular flexibility index (Phi) is 3.83. The summed E-state index contributed by atoms with van der Waals surface area (Å²) in [7, 11) is 3.51. The third-order valence-corrected chi connectivity index (χ3v) is 3.94. The van der Waals surface area contributed by atoms with Gasteiger partial charge in [0, 0.05) is 20.1 Å². The van der Waals surface area contributed by atoms with Gasteiger partial charge in [0.25, 0.3) is 0 Å². The second-order valence-electron chi connectivity index (χ2n) is 6.13. The van der Waals surface area contributed by atoms with Gasteiger partial charge in [-0.05, 0) is 17.8 Å². The molecular weight excluding hydrogens is 240 g/mol. The summed E-state index contributed by atoms with van der Waals surface area (Å²) in [5.41, 5.74) is 0.334. The zero-order valence-corrected chi connectivity index (χ0v) is 12.5. The van der Waals surface area contributed by atoms with Gasteiger partial charge in [-0.1, -0.05) is 20.8 Å². The van der Waals surface area contributed by atoms with Gasteiger partial charge in [0.05, 0.1) is 7.11 Å². The Bertz CT molecular complexity index is 442. The standard InChI is InChI=1S/C14H24N4O/c1-14(2,3)10-6-7-18(8-10)13-11(19-5)12(15-4)16-9-17-13/h9-10H,6-8H2,1-5H3,(H,15,16,17). The van der Waals surface area contributed by atoms with Crippen LogP contribution in [-0.2, 0) is 0 Å². The molecule has 0 spiro atoms. The third-order valence-electron chi connectivity index (χ3n) is 3.94. The van der Waals surface area contributed by atoms with Crippen molar-refractivity contribution in [2.24, 2.45) is 11.3 Å². The molecule has 1 unspecified atom stereocenters. The first-order valence-corrected chi connectivity index (χ1v) is 6.79. The van der Waals surface area contributed by atoms with Crippen LogP contribution in [0.1, 0.15) is 27.2 Å². The molecule has 5 nitrogen and oxygen atoms in total. The second-order valence-corrected chi connectivity index (χ2v) is 6.13. The number of ether oxygens (including phenoxy) is 1. The Hall–Kier alpha value is -1.52. The van der Waals surface area contributed by atoms with E-state index in [4.69, 9.17) is 4.74 Å². The van der Waals surface area contributed by atoms with E-state index in [1.807, 2.05) is 7.05 Å². The molecule has 106 valence electrons. The SMILES string of the molecule is CNc1ncnc(N2CCC(C(C)(C)C)C2)c1OC. The summed E-state index contributed by atoms with van der Waals surface area (Å²) >= 11 is 0. The van der Waals surface area contributed by atoms with Crippen molar-refractivity contribution in [3.63, 3.8) is 0 Å². The van der Waals surface area contributed by atoms with Crippen molar-refractivity contribution in [1.82, 2.24) is 9.97 Å². The number of methoxy groups -OCH3 is 1. The predicted octanol–water partition coefficient (Wildman–Crippen LogP) is 2.40. The predicted molar refractivity (Wildman–Crippen MR) is 77.9 cm³/mol. The normalized spacial score (nSPS) is 19.6. The van der Waals surface area contributed by atoms with Crippen molar-refractivity contribution in [3.05, 3.63) is 6.33 Å². The molecule has 1 aliphatic rings. The summed E-state index contributed by atoms with van der Waals surface area (Å²) in [4.78, 5) is 10.9. The monoisotopic (exact) mass is 264 g/mol. The van der Waals surface area contributed by atoms with E-state index in [-0.39, 0.29) is 0 Å². The van der Waals surface area contributed by atoms with E-state index in [1.165, 1.54) is 6.42 Å². The lowest BCUT2D eigenvalue weighted by Gasteiger charge is -2.27. The molecule has 2 rings (SSSR count). The Morgan fingerprint density at radius 3 is 2.63 bits per heavy atom. The molecule has 0 aliphatic carbocycles. The van der Waals surface area contributed by atoms with Crippen molar-refractivity contribution in [2.75, 3.05) is 37.5 Å². The van der Waals surface area contributed by atoms with Gasteiger partial charge in [-0.25, -0.2) is 9.97 Å². The molecular formula is C14H24N4O. The largest absolute Gasteiger partial charge is 0.490 e. The highest BCUT2D eigenvalue weighted by Crippen LogP contribution is 2.39. The molecule has 5 heteroatoms. The minimum absolute atomic E-state index is 0.334. The molecule has 1 N–H and O–H groups in total. The molecule has 19 heavy (non-hydrogen) atoms. The fraction of sp³-hybridized carbons (Fsp3) is 0.714. The average Bonchev–Trinajstić information content (AvgIpc) is 2.86. The lowest BCUT2D eigenvalue weighted by molar-refractivity contribution is 0.263. The minimum Gasteiger partial charge on any atom is -0.490 e. The maximum atomic E-state index is 5.47. The topological polar surface area (TPSA) is 50.3 Å². The van der Waals surface area contributed by atoms with Crippen LogP contribution < -0.4 is 15.0 Å². The average molecular weight is 264 g/mol. The number of hydrogen-bond donors (Lipinski definition) is 1. The Labute approximate surface area is 115 Å². The van der Waals surface area contributed by atoms with Gasteiger partial charge in [-0.3, -0.25) is 0 Å². The van der Waals surface area contributed by atoms with E-state index >= 15 is 0 Å². The molecule has 0 aromatic carbocycles. The number of nitrogens with one attached hydrogen (secondary N) is 1. The summed E-state index contributed by atoms with van der Waals surface area (Å²) in [6.07, 6.45) is 2.79. The van der Waals surface area contributed by atoms with Crippen LogP contribution in [0.15, 0.2) is 6.33 Å². The number of nitrogens with zero attached hydrogens (tertiary/aromatic N) is 3. The Balaban J connectivity index is 2.24. The number of hydrogen-bond acceptors (Lipinski definition) is 5. The minimum atomic E-state index is 0.334. The lowest BCUT2D eigenvalue weighted by Crippen LogP contribution is -2.26. The van der Waals surface area contributed by atoms with Gasteiger partial charge in [0.1, 0.15) is 6.33 Å². The molecule has 1 fully saturated rings.